The van der Waals surface area contributed by atoms with Crippen LogP contribution in [0.25, 0.3) is 0 Å². The number of piperidine rings is 1. The van der Waals surface area contributed by atoms with Gasteiger partial charge in [0.05, 0.1) is 6.61 Å². The second-order valence-corrected chi connectivity index (χ2v) is 6.71. The maximum absolute atomic E-state index is 12.4. The molecule has 1 N–H and O–H groups in total. The van der Waals surface area contributed by atoms with Crippen LogP contribution in [0, 0.1) is 5.92 Å². The van der Waals surface area contributed by atoms with Crippen molar-refractivity contribution in [3.63, 3.8) is 0 Å². The molecular formula is C10H19F3N2O3S. The predicted octanol–water partition coefficient (Wildman–Crippen LogP) is 0.820. The van der Waals surface area contributed by atoms with Gasteiger partial charge in [-0.2, -0.15) is 30.2 Å². The van der Waals surface area contributed by atoms with Crippen LogP contribution in [0.1, 0.15) is 19.8 Å². The molecule has 5 nitrogen and oxygen atoms in total. The highest BCUT2D eigenvalue weighted by atomic mass is 32.2. The largest absolute Gasteiger partial charge is 0.402 e. The molecule has 0 aromatic carbocycles. The van der Waals surface area contributed by atoms with Crippen LogP contribution < -0.4 is 0 Å². The van der Waals surface area contributed by atoms with E-state index in [4.69, 9.17) is 5.11 Å². The minimum atomic E-state index is -4.62. The first kappa shape index (κ1) is 16.7. The van der Waals surface area contributed by atoms with Crippen LogP contribution in [0.2, 0.25) is 0 Å². The fourth-order valence-electron chi connectivity index (χ4n) is 2.11. The molecule has 0 aromatic rings. The number of alkyl halides is 3. The minimum absolute atomic E-state index is 0.130. The van der Waals surface area contributed by atoms with Crippen LogP contribution in [0.4, 0.5) is 13.2 Å². The van der Waals surface area contributed by atoms with Crippen LogP contribution >= 0.6 is 0 Å². The lowest BCUT2D eigenvalue weighted by atomic mass is 10.0. The lowest BCUT2D eigenvalue weighted by molar-refractivity contribution is -0.137. The van der Waals surface area contributed by atoms with Crippen molar-refractivity contribution in [3.05, 3.63) is 0 Å². The van der Waals surface area contributed by atoms with Gasteiger partial charge < -0.3 is 5.11 Å². The van der Waals surface area contributed by atoms with Crippen LogP contribution in [0.5, 0.6) is 0 Å². The topological polar surface area (TPSA) is 60.9 Å². The zero-order valence-electron chi connectivity index (χ0n) is 10.7. The number of nitrogens with zero attached hydrogens (tertiary/aromatic N) is 2. The van der Waals surface area contributed by atoms with E-state index >= 15 is 0 Å². The molecule has 1 aliphatic heterocycles. The van der Waals surface area contributed by atoms with Gasteiger partial charge in [-0.15, -0.1) is 0 Å². The average Bonchev–Trinajstić information content (AvgIpc) is 2.26. The van der Waals surface area contributed by atoms with E-state index in [0.29, 0.717) is 10.7 Å². The maximum Gasteiger partial charge on any atom is 0.402 e. The number of hydrogen-bond donors (Lipinski definition) is 1. The second-order valence-electron chi connectivity index (χ2n) is 4.79. The first-order valence-electron chi connectivity index (χ1n) is 6.09. The first-order valence-corrected chi connectivity index (χ1v) is 7.49. The zero-order valence-corrected chi connectivity index (χ0v) is 11.5. The average molecular weight is 304 g/mol. The molecule has 0 aromatic heterocycles. The number of hydrogen-bond acceptors (Lipinski definition) is 3. The van der Waals surface area contributed by atoms with E-state index < -0.39 is 36.1 Å². The number of aliphatic hydroxyl groups excluding tert-OH is 1. The smallest absolute Gasteiger partial charge is 0.395 e. The molecule has 0 spiro atoms. The highest BCUT2D eigenvalue weighted by molar-refractivity contribution is 7.86. The highest BCUT2D eigenvalue weighted by Crippen LogP contribution is 2.23. The Morgan fingerprint density at radius 3 is 2.53 bits per heavy atom. The summed E-state index contributed by atoms with van der Waals surface area (Å²) < 4.78 is 62.8. The van der Waals surface area contributed by atoms with Gasteiger partial charge in [0.2, 0.25) is 0 Å². The van der Waals surface area contributed by atoms with Crippen LogP contribution in [-0.4, -0.2) is 61.1 Å². The molecule has 1 aliphatic rings. The normalized spacial score (nSPS) is 22.9. The number of aliphatic hydroxyl groups is 1. The lowest BCUT2D eigenvalue weighted by Crippen LogP contribution is -2.50. The summed E-state index contributed by atoms with van der Waals surface area (Å²) in [6, 6.07) is 0. The summed E-state index contributed by atoms with van der Waals surface area (Å²) >= 11 is 0. The summed E-state index contributed by atoms with van der Waals surface area (Å²) in [5, 5.41) is 8.76. The van der Waals surface area contributed by atoms with Crippen molar-refractivity contribution in [2.45, 2.75) is 25.9 Å². The van der Waals surface area contributed by atoms with Crippen molar-refractivity contribution in [1.29, 1.82) is 0 Å². The molecule has 1 heterocycles. The van der Waals surface area contributed by atoms with Gasteiger partial charge in [0.1, 0.15) is 6.54 Å². The third kappa shape index (κ3) is 4.90. The fraction of sp³-hybridized carbons (Fsp3) is 1.00. The quantitative estimate of drug-likeness (QED) is 0.818. The van der Waals surface area contributed by atoms with E-state index in [-0.39, 0.29) is 19.0 Å². The van der Waals surface area contributed by atoms with Crippen molar-refractivity contribution in [3.8, 4) is 0 Å². The summed E-state index contributed by atoms with van der Waals surface area (Å²) in [6.07, 6.45) is -3.12. The van der Waals surface area contributed by atoms with E-state index in [1.165, 1.54) is 0 Å². The molecule has 9 heteroatoms. The molecule has 1 rings (SSSR count). The third-order valence-electron chi connectivity index (χ3n) is 2.98. The Kier molecular flexibility index (Phi) is 5.60. The number of rotatable bonds is 5. The van der Waals surface area contributed by atoms with Gasteiger partial charge in [0, 0.05) is 19.6 Å². The van der Waals surface area contributed by atoms with Gasteiger partial charge in [0.15, 0.2) is 0 Å². The summed E-state index contributed by atoms with van der Waals surface area (Å²) in [5.74, 6) is 0.130. The molecule has 0 aliphatic carbocycles. The van der Waals surface area contributed by atoms with Crippen LogP contribution in [0.15, 0.2) is 0 Å². The molecule has 114 valence electrons. The summed E-state index contributed by atoms with van der Waals surface area (Å²) in [6.45, 7) is -0.442. The molecular weight excluding hydrogens is 285 g/mol. The summed E-state index contributed by atoms with van der Waals surface area (Å²) in [5.41, 5.74) is 0. The molecule has 1 fully saturated rings. The maximum atomic E-state index is 12.4. The molecule has 0 amide bonds. The molecule has 1 unspecified atom stereocenters. The van der Waals surface area contributed by atoms with E-state index in [2.05, 4.69) is 0 Å². The Hall–Kier alpha value is -0.380. The van der Waals surface area contributed by atoms with Crippen LogP contribution in [-0.2, 0) is 10.2 Å². The Balaban J connectivity index is 2.86. The van der Waals surface area contributed by atoms with Gasteiger partial charge in [-0.05, 0) is 18.8 Å². The molecule has 0 saturated carbocycles. The van der Waals surface area contributed by atoms with Gasteiger partial charge in [-0.25, -0.2) is 0 Å². The van der Waals surface area contributed by atoms with E-state index in [9.17, 15) is 21.6 Å². The van der Waals surface area contributed by atoms with Crippen LogP contribution in [0.3, 0.4) is 0 Å². The van der Waals surface area contributed by atoms with Crippen molar-refractivity contribution in [2.75, 3.05) is 32.8 Å². The Morgan fingerprint density at radius 1 is 1.42 bits per heavy atom. The monoisotopic (exact) mass is 304 g/mol. The van der Waals surface area contributed by atoms with Gasteiger partial charge >= 0.3 is 6.18 Å². The van der Waals surface area contributed by atoms with Crippen molar-refractivity contribution >= 4 is 10.2 Å². The van der Waals surface area contributed by atoms with Gasteiger partial charge in [-0.3, -0.25) is 0 Å². The Morgan fingerprint density at radius 2 is 2.05 bits per heavy atom. The summed E-state index contributed by atoms with van der Waals surface area (Å²) in [4.78, 5) is 0. The predicted molar refractivity (Wildman–Crippen MR) is 63.6 cm³/mol. The van der Waals surface area contributed by atoms with E-state index in [1.54, 1.807) is 0 Å². The third-order valence-corrected chi connectivity index (χ3v) is 4.93. The highest BCUT2D eigenvalue weighted by Gasteiger charge is 2.39. The number of halogens is 3. The molecule has 1 atom stereocenters. The minimum Gasteiger partial charge on any atom is -0.395 e. The van der Waals surface area contributed by atoms with E-state index in [0.717, 1.165) is 10.7 Å². The molecule has 1 saturated heterocycles. The Bertz CT molecular complexity index is 386. The molecule has 0 radical (unpaired) electrons. The molecule has 19 heavy (non-hydrogen) atoms. The van der Waals surface area contributed by atoms with Crippen molar-refractivity contribution in [1.82, 2.24) is 8.61 Å². The van der Waals surface area contributed by atoms with E-state index in [1.807, 2.05) is 6.92 Å². The molecule has 0 bridgehead atoms. The van der Waals surface area contributed by atoms with Gasteiger partial charge in [-0.1, -0.05) is 6.92 Å². The van der Waals surface area contributed by atoms with Crippen molar-refractivity contribution in [2.24, 2.45) is 5.92 Å². The SMILES string of the molecule is CC1CCCN(S(=O)(=O)N(CCO)CC(F)(F)F)C1. The lowest BCUT2D eigenvalue weighted by Gasteiger charge is -2.34. The first-order chi connectivity index (χ1) is 8.66. The summed E-state index contributed by atoms with van der Waals surface area (Å²) in [7, 11) is -4.17. The zero-order chi connectivity index (χ0) is 14.7. The fourth-order valence-corrected chi connectivity index (χ4v) is 3.86. The van der Waals surface area contributed by atoms with Crippen molar-refractivity contribution < 1.29 is 26.7 Å². The second kappa shape index (κ2) is 6.38. The standard InChI is InChI=1S/C10H19F3N2O3S/c1-9-3-2-4-14(7-9)19(17,18)15(5-6-16)8-10(11,12)13/h9,16H,2-8H2,1H3. The van der Waals surface area contributed by atoms with Gasteiger partial charge in [0.25, 0.3) is 10.2 Å². The Labute approximate surface area is 111 Å².